The van der Waals surface area contributed by atoms with Gasteiger partial charge < -0.3 is 9.47 Å². The highest BCUT2D eigenvalue weighted by Crippen LogP contribution is 2.39. The highest BCUT2D eigenvalue weighted by molar-refractivity contribution is 6.01. The van der Waals surface area contributed by atoms with Crippen LogP contribution in [0.25, 0.3) is 17.2 Å². The van der Waals surface area contributed by atoms with Gasteiger partial charge in [-0.15, -0.1) is 0 Å². The van der Waals surface area contributed by atoms with Crippen LogP contribution >= 0.6 is 0 Å². The van der Waals surface area contributed by atoms with E-state index in [2.05, 4.69) is 46.8 Å². The van der Waals surface area contributed by atoms with Gasteiger partial charge in [0.2, 0.25) is 0 Å². The topological polar surface area (TPSA) is 48.4 Å². The van der Waals surface area contributed by atoms with Crippen LogP contribution in [0.5, 0.6) is 5.75 Å². The summed E-state index contributed by atoms with van der Waals surface area (Å²) in [4.78, 5) is 18.5. The highest BCUT2D eigenvalue weighted by atomic mass is 16.5. The fraction of sp³-hybridized carbons (Fsp3) is 0.375. The first-order valence-corrected chi connectivity index (χ1v) is 13.1. The van der Waals surface area contributed by atoms with Crippen molar-refractivity contribution in [3.63, 3.8) is 0 Å². The fourth-order valence-corrected chi connectivity index (χ4v) is 4.22. The van der Waals surface area contributed by atoms with Crippen molar-refractivity contribution in [1.29, 1.82) is 0 Å². The van der Waals surface area contributed by atoms with E-state index in [0.29, 0.717) is 18.8 Å². The van der Waals surface area contributed by atoms with Gasteiger partial charge in [-0.05, 0) is 48.4 Å². The second-order valence-corrected chi connectivity index (χ2v) is 9.57. The van der Waals surface area contributed by atoms with Crippen molar-refractivity contribution >= 4 is 12.0 Å². The lowest BCUT2D eigenvalue weighted by Gasteiger charge is -2.23. The zero-order valence-corrected chi connectivity index (χ0v) is 22.5. The molecule has 0 fully saturated rings. The molecule has 190 valence electrons. The van der Waals surface area contributed by atoms with Gasteiger partial charge in [0.25, 0.3) is 0 Å². The maximum Gasteiger partial charge on any atom is 0.340 e. The highest BCUT2D eigenvalue weighted by Gasteiger charge is 2.27. The first-order chi connectivity index (χ1) is 17.4. The maximum absolute atomic E-state index is 13.4. The van der Waals surface area contributed by atoms with Gasteiger partial charge in [-0.25, -0.2) is 4.79 Å². The number of ether oxygens (including phenoxy) is 2. The minimum atomic E-state index is -0.334. The molecule has 0 saturated heterocycles. The number of benzene rings is 2. The summed E-state index contributed by atoms with van der Waals surface area (Å²) in [6.07, 6.45) is 6.31. The van der Waals surface area contributed by atoms with Crippen LogP contribution in [0.3, 0.4) is 0 Å². The number of aromatic nitrogens is 1. The number of carbonyl (C=O) groups excluding carboxylic acids is 1. The monoisotopic (exact) mass is 485 g/mol. The van der Waals surface area contributed by atoms with Crippen LogP contribution in [0.2, 0.25) is 0 Å². The van der Waals surface area contributed by atoms with Crippen molar-refractivity contribution in [2.24, 2.45) is 0 Å². The Hall–Kier alpha value is -3.40. The summed E-state index contributed by atoms with van der Waals surface area (Å²) in [7, 11) is 0. The largest absolute Gasteiger partial charge is 0.489 e. The summed E-state index contributed by atoms with van der Waals surface area (Å²) < 4.78 is 11.7. The van der Waals surface area contributed by atoms with Crippen LogP contribution in [-0.4, -0.2) is 17.6 Å². The van der Waals surface area contributed by atoms with Gasteiger partial charge in [-0.3, -0.25) is 4.98 Å². The van der Waals surface area contributed by atoms with Crippen LogP contribution in [0.15, 0.2) is 60.7 Å². The van der Waals surface area contributed by atoms with E-state index in [0.717, 1.165) is 52.2 Å². The average molecular weight is 486 g/mol. The Morgan fingerprint density at radius 1 is 0.944 bits per heavy atom. The first-order valence-electron chi connectivity index (χ1n) is 13.1. The van der Waals surface area contributed by atoms with Gasteiger partial charge in [0.15, 0.2) is 0 Å². The minimum absolute atomic E-state index is 0.0619. The minimum Gasteiger partial charge on any atom is -0.489 e. The number of allylic oxidation sites excluding steroid dienone is 1. The van der Waals surface area contributed by atoms with Crippen LogP contribution < -0.4 is 4.74 Å². The van der Waals surface area contributed by atoms with Crippen LogP contribution in [0, 0.1) is 0 Å². The first kappa shape index (κ1) is 27.2. The Kier molecular flexibility index (Phi) is 9.86. The molecule has 0 saturated carbocycles. The van der Waals surface area contributed by atoms with Gasteiger partial charge in [0.05, 0.1) is 23.6 Å². The second-order valence-electron chi connectivity index (χ2n) is 9.57. The third-order valence-corrected chi connectivity index (χ3v) is 5.98. The van der Waals surface area contributed by atoms with E-state index in [1.54, 1.807) is 0 Å². The van der Waals surface area contributed by atoms with Crippen molar-refractivity contribution in [1.82, 2.24) is 4.98 Å². The number of unbranched alkanes of at least 4 members (excludes halogenated alkanes) is 1. The number of rotatable bonds is 11. The third kappa shape index (κ3) is 6.63. The van der Waals surface area contributed by atoms with Gasteiger partial charge in [-0.1, -0.05) is 95.7 Å². The molecule has 0 N–H and O–H groups in total. The van der Waals surface area contributed by atoms with E-state index in [1.165, 1.54) is 0 Å². The molecule has 1 heterocycles. The summed E-state index contributed by atoms with van der Waals surface area (Å²) in [6, 6.07) is 18.1. The van der Waals surface area contributed by atoms with Gasteiger partial charge in [0.1, 0.15) is 12.4 Å². The van der Waals surface area contributed by atoms with Crippen molar-refractivity contribution in [3.05, 3.63) is 88.8 Å². The summed E-state index contributed by atoms with van der Waals surface area (Å²) >= 11 is 0. The standard InChI is InChI=1S/C32H39NO3/c1-7-9-11-19-27-28(25-17-14-18-26(20-25)36-21-24-15-12-10-13-16-24)29(32(34)35-8-2)31(23(5)6)33-30(27)22(3)4/h10-20,22-23H,7-9,21H2,1-6H3/b19-11+. The van der Waals surface area contributed by atoms with E-state index >= 15 is 0 Å². The maximum atomic E-state index is 13.4. The van der Waals surface area contributed by atoms with E-state index in [4.69, 9.17) is 14.5 Å². The fourth-order valence-electron chi connectivity index (χ4n) is 4.22. The molecule has 0 spiro atoms. The van der Waals surface area contributed by atoms with E-state index in [9.17, 15) is 4.79 Å². The van der Waals surface area contributed by atoms with Crippen molar-refractivity contribution < 1.29 is 14.3 Å². The molecule has 0 amide bonds. The normalized spacial score (nSPS) is 11.4. The summed E-state index contributed by atoms with van der Waals surface area (Å²) in [5, 5.41) is 0. The Morgan fingerprint density at radius 3 is 2.31 bits per heavy atom. The summed E-state index contributed by atoms with van der Waals surface area (Å²) in [5.74, 6) is 0.673. The van der Waals surface area contributed by atoms with E-state index < -0.39 is 0 Å². The average Bonchev–Trinajstić information content (AvgIpc) is 2.87. The number of hydrogen-bond acceptors (Lipinski definition) is 4. The van der Waals surface area contributed by atoms with Gasteiger partial charge in [0, 0.05) is 11.1 Å². The molecular formula is C32H39NO3. The Morgan fingerprint density at radius 2 is 1.67 bits per heavy atom. The van der Waals surface area contributed by atoms with Crippen molar-refractivity contribution in [3.8, 4) is 16.9 Å². The predicted molar refractivity (Wildman–Crippen MR) is 149 cm³/mol. The molecule has 4 heteroatoms. The Labute approximate surface area is 216 Å². The summed E-state index contributed by atoms with van der Waals surface area (Å²) in [6.45, 7) is 13.2. The lowest BCUT2D eigenvalue weighted by atomic mass is 9.86. The lowest BCUT2D eigenvalue weighted by molar-refractivity contribution is 0.0524. The van der Waals surface area contributed by atoms with Crippen molar-refractivity contribution in [2.45, 2.75) is 72.8 Å². The number of hydrogen-bond donors (Lipinski definition) is 0. The molecule has 3 rings (SSSR count). The Bertz CT molecular complexity index is 1180. The van der Waals surface area contributed by atoms with Crippen LogP contribution in [-0.2, 0) is 11.3 Å². The third-order valence-electron chi connectivity index (χ3n) is 5.98. The molecule has 0 unspecified atom stereocenters. The summed E-state index contributed by atoms with van der Waals surface area (Å²) in [5.41, 5.74) is 6.18. The molecule has 0 bridgehead atoms. The zero-order valence-electron chi connectivity index (χ0n) is 22.5. The van der Waals surface area contributed by atoms with E-state index in [1.807, 2.05) is 61.5 Å². The van der Waals surface area contributed by atoms with Crippen molar-refractivity contribution in [2.75, 3.05) is 6.61 Å². The second kappa shape index (κ2) is 13.1. The van der Waals surface area contributed by atoms with Crippen LogP contribution in [0.4, 0.5) is 0 Å². The smallest absolute Gasteiger partial charge is 0.340 e. The number of esters is 1. The molecule has 3 aromatic rings. The molecule has 0 aliphatic carbocycles. The molecule has 0 radical (unpaired) electrons. The van der Waals surface area contributed by atoms with Crippen LogP contribution in [0.1, 0.15) is 99.1 Å². The molecule has 0 aliphatic heterocycles. The molecule has 1 aromatic heterocycles. The predicted octanol–water partition coefficient (Wildman–Crippen LogP) is 8.56. The lowest BCUT2D eigenvalue weighted by Crippen LogP contribution is -2.16. The Balaban J connectivity index is 2.24. The SMILES string of the molecule is CCC/C=C/c1c(C(C)C)nc(C(C)C)c(C(=O)OCC)c1-c1cccc(OCc2ccccc2)c1. The molecular weight excluding hydrogens is 446 g/mol. The number of nitrogens with zero attached hydrogens (tertiary/aromatic N) is 1. The molecule has 36 heavy (non-hydrogen) atoms. The van der Waals surface area contributed by atoms with Gasteiger partial charge in [-0.2, -0.15) is 0 Å². The number of carbonyl (C=O) groups is 1. The molecule has 0 aliphatic rings. The zero-order chi connectivity index (χ0) is 26.1. The molecule has 2 aromatic carbocycles. The van der Waals surface area contributed by atoms with E-state index in [-0.39, 0.29) is 17.8 Å². The number of pyridine rings is 1. The molecule has 4 nitrogen and oxygen atoms in total. The van der Waals surface area contributed by atoms with Gasteiger partial charge >= 0.3 is 5.97 Å². The molecule has 0 atom stereocenters. The quantitative estimate of drug-likeness (QED) is 0.255.